The van der Waals surface area contributed by atoms with Gasteiger partial charge in [0, 0.05) is 25.8 Å². The normalized spacial score (nSPS) is 12.3. The molecule has 1 atom stereocenters. The van der Waals surface area contributed by atoms with Gasteiger partial charge in [-0.1, -0.05) is 18.2 Å². The molecule has 6 nitrogen and oxygen atoms in total. The van der Waals surface area contributed by atoms with Gasteiger partial charge in [0.2, 0.25) is 0 Å². The van der Waals surface area contributed by atoms with Gasteiger partial charge in [-0.2, -0.15) is 5.10 Å². The Morgan fingerprint density at radius 2 is 1.96 bits per heavy atom. The van der Waals surface area contributed by atoms with Gasteiger partial charge >= 0.3 is 0 Å². The zero-order valence-corrected chi connectivity index (χ0v) is 19.3. The van der Waals surface area contributed by atoms with Crippen molar-refractivity contribution in [3.63, 3.8) is 0 Å². The standard InChI is InChI=1S/C20H31N5O.HI/c1-15-9-6-7-10-19(15)26-18(4)14-23-20(21-5)22-11-8-12-25-17(3)13-16(2)24-25;/h6-7,9-10,13,18H,8,11-12,14H2,1-5H3,(H2,21,22,23);1H. The first-order chi connectivity index (χ1) is 12.5. The van der Waals surface area contributed by atoms with E-state index in [1.165, 1.54) is 5.69 Å². The Morgan fingerprint density at radius 3 is 2.59 bits per heavy atom. The molecule has 0 spiro atoms. The van der Waals surface area contributed by atoms with Crippen molar-refractivity contribution in [3.8, 4) is 5.75 Å². The Labute approximate surface area is 179 Å². The number of hydrogen-bond donors (Lipinski definition) is 2. The lowest BCUT2D eigenvalue weighted by molar-refractivity contribution is 0.222. The summed E-state index contributed by atoms with van der Waals surface area (Å²) in [7, 11) is 1.78. The summed E-state index contributed by atoms with van der Waals surface area (Å²) in [6, 6.07) is 10.2. The Hall–Kier alpha value is -1.77. The van der Waals surface area contributed by atoms with E-state index in [0.717, 1.165) is 42.5 Å². The van der Waals surface area contributed by atoms with Gasteiger partial charge in [-0.15, -0.1) is 24.0 Å². The molecule has 0 amide bonds. The molecule has 2 rings (SSSR count). The molecule has 7 heteroatoms. The SMILES string of the molecule is CN=C(NCCCn1nc(C)cc1C)NCC(C)Oc1ccccc1C.I. The number of aromatic nitrogens is 2. The Kier molecular flexibility index (Phi) is 10.2. The van der Waals surface area contributed by atoms with Crippen LogP contribution in [0.3, 0.4) is 0 Å². The van der Waals surface area contributed by atoms with Crippen LogP contribution in [-0.4, -0.2) is 42.0 Å². The first-order valence-corrected chi connectivity index (χ1v) is 9.17. The summed E-state index contributed by atoms with van der Waals surface area (Å²) in [6.45, 7) is 10.6. The minimum Gasteiger partial charge on any atom is -0.489 e. The van der Waals surface area contributed by atoms with Crippen LogP contribution in [0.15, 0.2) is 35.3 Å². The molecule has 27 heavy (non-hydrogen) atoms. The molecule has 1 aromatic heterocycles. The second-order valence-corrected chi connectivity index (χ2v) is 6.58. The highest BCUT2D eigenvalue weighted by Crippen LogP contribution is 2.17. The van der Waals surface area contributed by atoms with Gasteiger partial charge < -0.3 is 15.4 Å². The van der Waals surface area contributed by atoms with Crippen molar-refractivity contribution >= 4 is 29.9 Å². The minimum atomic E-state index is 0. The van der Waals surface area contributed by atoms with Crippen LogP contribution >= 0.6 is 24.0 Å². The number of guanidine groups is 1. The molecule has 0 radical (unpaired) electrons. The third kappa shape index (κ3) is 7.78. The lowest BCUT2D eigenvalue weighted by Crippen LogP contribution is -2.42. The Bertz CT molecular complexity index is 729. The number of halogens is 1. The predicted octanol–water partition coefficient (Wildman–Crippen LogP) is 3.45. The molecule has 1 unspecified atom stereocenters. The van der Waals surface area contributed by atoms with Crippen molar-refractivity contribution in [1.29, 1.82) is 0 Å². The second kappa shape index (κ2) is 11.8. The van der Waals surface area contributed by atoms with Crippen LogP contribution in [0.4, 0.5) is 0 Å². The number of hydrogen-bond acceptors (Lipinski definition) is 3. The predicted molar refractivity (Wildman–Crippen MR) is 122 cm³/mol. The van der Waals surface area contributed by atoms with Crippen LogP contribution in [-0.2, 0) is 6.54 Å². The van der Waals surface area contributed by atoms with E-state index in [2.05, 4.69) is 53.6 Å². The van der Waals surface area contributed by atoms with Crippen LogP contribution in [0.25, 0.3) is 0 Å². The molecule has 0 bridgehead atoms. The van der Waals surface area contributed by atoms with Crippen LogP contribution in [0.1, 0.15) is 30.3 Å². The summed E-state index contributed by atoms with van der Waals surface area (Å²) in [4.78, 5) is 4.27. The summed E-state index contributed by atoms with van der Waals surface area (Å²) in [5.41, 5.74) is 3.41. The first kappa shape index (κ1) is 23.3. The molecule has 150 valence electrons. The van der Waals surface area contributed by atoms with Gasteiger partial charge in [-0.3, -0.25) is 9.67 Å². The van der Waals surface area contributed by atoms with E-state index in [-0.39, 0.29) is 30.1 Å². The maximum absolute atomic E-state index is 5.98. The van der Waals surface area contributed by atoms with Gasteiger partial charge in [-0.25, -0.2) is 0 Å². The van der Waals surface area contributed by atoms with Gasteiger partial charge in [0.1, 0.15) is 11.9 Å². The molecule has 0 saturated carbocycles. The number of aliphatic imine (C=N–C) groups is 1. The number of nitrogens with one attached hydrogen (secondary N) is 2. The molecule has 0 aliphatic rings. The molecule has 2 N–H and O–H groups in total. The second-order valence-electron chi connectivity index (χ2n) is 6.58. The molecule has 0 saturated heterocycles. The highest BCUT2D eigenvalue weighted by Gasteiger charge is 2.07. The van der Waals surface area contributed by atoms with Crippen LogP contribution in [0.5, 0.6) is 5.75 Å². The fourth-order valence-electron chi connectivity index (χ4n) is 2.75. The molecular weight excluding hydrogens is 453 g/mol. The van der Waals surface area contributed by atoms with E-state index in [1.807, 2.05) is 29.8 Å². The van der Waals surface area contributed by atoms with Crippen LogP contribution < -0.4 is 15.4 Å². The fourth-order valence-corrected chi connectivity index (χ4v) is 2.75. The van der Waals surface area contributed by atoms with E-state index in [1.54, 1.807) is 7.05 Å². The smallest absolute Gasteiger partial charge is 0.191 e. The highest BCUT2D eigenvalue weighted by atomic mass is 127. The molecule has 1 aromatic carbocycles. The topological polar surface area (TPSA) is 63.5 Å². The summed E-state index contributed by atoms with van der Waals surface area (Å²) in [5.74, 6) is 1.72. The highest BCUT2D eigenvalue weighted by molar-refractivity contribution is 14.0. The van der Waals surface area contributed by atoms with Crippen molar-refractivity contribution in [2.75, 3.05) is 20.1 Å². The summed E-state index contributed by atoms with van der Waals surface area (Å²) < 4.78 is 8.03. The van der Waals surface area contributed by atoms with E-state index in [0.29, 0.717) is 6.54 Å². The van der Waals surface area contributed by atoms with E-state index in [9.17, 15) is 0 Å². The van der Waals surface area contributed by atoms with E-state index in [4.69, 9.17) is 4.74 Å². The molecule has 0 fully saturated rings. The number of rotatable bonds is 8. The number of para-hydroxylation sites is 1. The maximum atomic E-state index is 5.98. The third-order valence-electron chi connectivity index (χ3n) is 4.14. The summed E-state index contributed by atoms with van der Waals surface area (Å²) in [5, 5.41) is 11.1. The average Bonchev–Trinajstić information content (AvgIpc) is 2.93. The molecular formula is C20H32IN5O. The van der Waals surface area contributed by atoms with Crippen molar-refractivity contribution in [2.24, 2.45) is 4.99 Å². The number of ether oxygens (including phenoxy) is 1. The molecule has 1 heterocycles. The van der Waals surface area contributed by atoms with E-state index < -0.39 is 0 Å². The van der Waals surface area contributed by atoms with Gasteiger partial charge in [0.05, 0.1) is 12.2 Å². The zero-order chi connectivity index (χ0) is 18.9. The first-order valence-electron chi connectivity index (χ1n) is 9.17. The largest absolute Gasteiger partial charge is 0.489 e. The quantitative estimate of drug-likeness (QED) is 0.260. The van der Waals surface area contributed by atoms with Gasteiger partial charge in [0.25, 0.3) is 0 Å². The summed E-state index contributed by atoms with van der Waals surface area (Å²) >= 11 is 0. The number of benzene rings is 1. The Morgan fingerprint density at radius 1 is 1.22 bits per heavy atom. The molecule has 0 aliphatic carbocycles. The minimum absolute atomic E-state index is 0. The zero-order valence-electron chi connectivity index (χ0n) is 17.0. The van der Waals surface area contributed by atoms with Crippen molar-refractivity contribution in [2.45, 2.75) is 46.8 Å². The number of aryl methyl sites for hydroxylation is 4. The van der Waals surface area contributed by atoms with Crippen molar-refractivity contribution in [3.05, 3.63) is 47.3 Å². The van der Waals surface area contributed by atoms with Crippen LogP contribution in [0.2, 0.25) is 0 Å². The van der Waals surface area contributed by atoms with Crippen LogP contribution in [0, 0.1) is 20.8 Å². The average molecular weight is 485 g/mol. The Balaban J connectivity index is 0.00000364. The lowest BCUT2D eigenvalue weighted by atomic mass is 10.2. The fraction of sp³-hybridized carbons (Fsp3) is 0.500. The molecule has 2 aromatic rings. The van der Waals surface area contributed by atoms with Gasteiger partial charge in [0.15, 0.2) is 5.96 Å². The van der Waals surface area contributed by atoms with E-state index >= 15 is 0 Å². The summed E-state index contributed by atoms with van der Waals surface area (Å²) in [6.07, 6.45) is 1.03. The maximum Gasteiger partial charge on any atom is 0.191 e. The molecule has 0 aliphatic heterocycles. The lowest BCUT2D eigenvalue weighted by Gasteiger charge is -2.18. The number of nitrogens with zero attached hydrogens (tertiary/aromatic N) is 3. The van der Waals surface area contributed by atoms with Crippen molar-refractivity contribution in [1.82, 2.24) is 20.4 Å². The van der Waals surface area contributed by atoms with Gasteiger partial charge in [-0.05, 0) is 51.8 Å². The third-order valence-corrected chi connectivity index (χ3v) is 4.14. The van der Waals surface area contributed by atoms with Crippen molar-refractivity contribution < 1.29 is 4.74 Å². The monoisotopic (exact) mass is 485 g/mol.